The summed E-state index contributed by atoms with van der Waals surface area (Å²) < 4.78 is 5.17. The van der Waals surface area contributed by atoms with Crippen LogP contribution in [0, 0.1) is 0 Å². The molecule has 0 unspecified atom stereocenters. The molecule has 1 rings (SSSR count). The standard InChI is InChI=1S/C13H20N2O3/c1-3-15(7-4-8-16)13(17)11-6-5-10(14)9-12(11)18-2/h5-6,9,16H,3-4,7-8,14H2,1-2H3. The molecule has 5 heteroatoms. The Kier molecular flexibility index (Phi) is 5.45. The van der Waals surface area contributed by atoms with E-state index in [1.807, 2.05) is 6.92 Å². The Morgan fingerprint density at radius 2 is 2.22 bits per heavy atom. The van der Waals surface area contributed by atoms with Gasteiger partial charge in [0.05, 0.1) is 12.7 Å². The molecular weight excluding hydrogens is 232 g/mol. The van der Waals surface area contributed by atoms with Crippen LogP contribution >= 0.6 is 0 Å². The predicted molar refractivity (Wildman–Crippen MR) is 70.7 cm³/mol. The number of methoxy groups -OCH3 is 1. The smallest absolute Gasteiger partial charge is 0.257 e. The van der Waals surface area contributed by atoms with Crippen LogP contribution in [0.15, 0.2) is 18.2 Å². The van der Waals surface area contributed by atoms with E-state index in [-0.39, 0.29) is 12.5 Å². The maximum atomic E-state index is 12.3. The molecule has 0 aliphatic heterocycles. The van der Waals surface area contributed by atoms with E-state index in [9.17, 15) is 4.79 Å². The number of nitrogens with zero attached hydrogens (tertiary/aromatic N) is 1. The zero-order chi connectivity index (χ0) is 13.5. The Bertz CT molecular complexity index is 407. The summed E-state index contributed by atoms with van der Waals surface area (Å²) in [6.45, 7) is 3.09. The quantitative estimate of drug-likeness (QED) is 0.744. The molecule has 0 bridgehead atoms. The summed E-state index contributed by atoms with van der Waals surface area (Å²) in [6.07, 6.45) is 0.566. The minimum Gasteiger partial charge on any atom is -0.496 e. The van der Waals surface area contributed by atoms with Gasteiger partial charge in [-0.05, 0) is 25.5 Å². The molecular formula is C13H20N2O3. The van der Waals surface area contributed by atoms with Crippen LogP contribution < -0.4 is 10.5 Å². The third-order valence-corrected chi connectivity index (χ3v) is 2.71. The second kappa shape index (κ2) is 6.86. The first kappa shape index (κ1) is 14.3. The molecule has 1 aromatic rings. The maximum absolute atomic E-state index is 12.3. The van der Waals surface area contributed by atoms with Crippen molar-refractivity contribution < 1.29 is 14.6 Å². The van der Waals surface area contributed by atoms with Crippen molar-refractivity contribution in [2.45, 2.75) is 13.3 Å². The summed E-state index contributed by atoms with van der Waals surface area (Å²) >= 11 is 0. The van der Waals surface area contributed by atoms with Gasteiger partial charge in [0.15, 0.2) is 0 Å². The van der Waals surface area contributed by atoms with Gasteiger partial charge in [-0.15, -0.1) is 0 Å². The van der Waals surface area contributed by atoms with Crippen molar-refractivity contribution in [1.29, 1.82) is 0 Å². The van der Waals surface area contributed by atoms with Crippen molar-refractivity contribution >= 4 is 11.6 Å². The van der Waals surface area contributed by atoms with E-state index in [0.717, 1.165) is 0 Å². The summed E-state index contributed by atoms with van der Waals surface area (Å²) in [7, 11) is 1.51. The van der Waals surface area contributed by atoms with Crippen LogP contribution in [-0.4, -0.2) is 42.7 Å². The predicted octanol–water partition coefficient (Wildman–Crippen LogP) is 1.12. The molecule has 0 fully saturated rings. The van der Waals surface area contributed by atoms with Crippen LogP contribution in [0.2, 0.25) is 0 Å². The lowest BCUT2D eigenvalue weighted by atomic mass is 10.1. The minimum atomic E-state index is -0.109. The molecule has 0 aliphatic carbocycles. The van der Waals surface area contributed by atoms with E-state index < -0.39 is 0 Å². The highest BCUT2D eigenvalue weighted by Gasteiger charge is 2.18. The topological polar surface area (TPSA) is 75.8 Å². The Hall–Kier alpha value is -1.75. The average molecular weight is 252 g/mol. The number of hydrogen-bond acceptors (Lipinski definition) is 4. The van der Waals surface area contributed by atoms with Crippen LogP contribution in [0.5, 0.6) is 5.75 Å². The lowest BCUT2D eigenvalue weighted by molar-refractivity contribution is 0.0751. The Balaban J connectivity index is 2.93. The highest BCUT2D eigenvalue weighted by Crippen LogP contribution is 2.23. The zero-order valence-corrected chi connectivity index (χ0v) is 10.8. The number of ether oxygens (including phenoxy) is 1. The maximum Gasteiger partial charge on any atom is 0.257 e. The molecule has 0 aromatic heterocycles. The number of carbonyl (C=O) groups excluding carboxylic acids is 1. The van der Waals surface area contributed by atoms with Gasteiger partial charge in [0.25, 0.3) is 5.91 Å². The molecule has 0 heterocycles. The van der Waals surface area contributed by atoms with Gasteiger partial charge in [-0.25, -0.2) is 0 Å². The number of aliphatic hydroxyl groups excluding tert-OH is 1. The SMILES string of the molecule is CCN(CCCO)C(=O)c1ccc(N)cc1OC. The van der Waals surface area contributed by atoms with Gasteiger partial charge >= 0.3 is 0 Å². The van der Waals surface area contributed by atoms with Crippen molar-refractivity contribution in [3.8, 4) is 5.75 Å². The number of nitrogens with two attached hydrogens (primary N) is 1. The van der Waals surface area contributed by atoms with Crippen molar-refractivity contribution in [3.05, 3.63) is 23.8 Å². The van der Waals surface area contributed by atoms with Gasteiger partial charge in [0.2, 0.25) is 0 Å². The molecule has 3 N–H and O–H groups in total. The molecule has 0 saturated heterocycles. The van der Waals surface area contributed by atoms with E-state index in [4.69, 9.17) is 15.6 Å². The summed E-state index contributed by atoms with van der Waals surface area (Å²) in [5, 5.41) is 8.82. The number of nitrogen functional groups attached to an aromatic ring is 1. The summed E-state index contributed by atoms with van der Waals surface area (Å²) in [6, 6.07) is 4.97. The fraction of sp³-hybridized carbons (Fsp3) is 0.462. The van der Waals surface area contributed by atoms with E-state index in [1.165, 1.54) is 7.11 Å². The zero-order valence-electron chi connectivity index (χ0n) is 10.8. The summed E-state index contributed by atoms with van der Waals surface area (Å²) in [4.78, 5) is 14.0. The molecule has 0 saturated carbocycles. The van der Waals surface area contributed by atoms with Crippen LogP contribution in [0.3, 0.4) is 0 Å². The number of rotatable bonds is 6. The van der Waals surface area contributed by atoms with Gasteiger partial charge < -0.3 is 20.5 Å². The molecule has 1 amide bonds. The van der Waals surface area contributed by atoms with Crippen molar-refractivity contribution in [2.24, 2.45) is 0 Å². The van der Waals surface area contributed by atoms with Gasteiger partial charge in [-0.2, -0.15) is 0 Å². The molecule has 18 heavy (non-hydrogen) atoms. The third kappa shape index (κ3) is 3.37. The van der Waals surface area contributed by atoms with E-state index in [2.05, 4.69) is 0 Å². The fourth-order valence-electron chi connectivity index (χ4n) is 1.72. The molecule has 5 nitrogen and oxygen atoms in total. The monoisotopic (exact) mass is 252 g/mol. The van der Waals surface area contributed by atoms with Gasteiger partial charge in [-0.3, -0.25) is 4.79 Å². The van der Waals surface area contributed by atoms with Crippen molar-refractivity contribution in [3.63, 3.8) is 0 Å². The Labute approximate surface area is 107 Å². The number of carbonyl (C=O) groups is 1. The highest BCUT2D eigenvalue weighted by molar-refractivity contribution is 5.97. The van der Waals surface area contributed by atoms with Crippen LogP contribution in [-0.2, 0) is 0 Å². The Morgan fingerprint density at radius 1 is 1.50 bits per heavy atom. The summed E-state index contributed by atoms with van der Waals surface area (Å²) in [5.41, 5.74) is 6.70. The third-order valence-electron chi connectivity index (χ3n) is 2.71. The van der Waals surface area contributed by atoms with Crippen molar-refractivity contribution in [1.82, 2.24) is 4.90 Å². The number of benzene rings is 1. The first-order valence-corrected chi connectivity index (χ1v) is 5.97. The molecule has 0 atom stereocenters. The molecule has 100 valence electrons. The van der Waals surface area contributed by atoms with E-state index in [0.29, 0.717) is 36.5 Å². The van der Waals surface area contributed by atoms with Gasteiger partial charge in [0.1, 0.15) is 5.75 Å². The van der Waals surface area contributed by atoms with Gasteiger partial charge in [0, 0.05) is 31.5 Å². The first-order chi connectivity index (χ1) is 8.63. The first-order valence-electron chi connectivity index (χ1n) is 5.97. The van der Waals surface area contributed by atoms with Crippen LogP contribution in [0.4, 0.5) is 5.69 Å². The number of anilines is 1. The van der Waals surface area contributed by atoms with Gasteiger partial charge in [-0.1, -0.05) is 0 Å². The molecule has 1 aromatic carbocycles. The normalized spacial score (nSPS) is 10.2. The number of hydrogen-bond donors (Lipinski definition) is 2. The number of aliphatic hydroxyl groups is 1. The second-order valence-corrected chi connectivity index (χ2v) is 3.92. The second-order valence-electron chi connectivity index (χ2n) is 3.92. The van der Waals surface area contributed by atoms with Crippen LogP contribution in [0.25, 0.3) is 0 Å². The fourth-order valence-corrected chi connectivity index (χ4v) is 1.72. The Morgan fingerprint density at radius 3 is 2.78 bits per heavy atom. The largest absolute Gasteiger partial charge is 0.496 e. The highest BCUT2D eigenvalue weighted by atomic mass is 16.5. The minimum absolute atomic E-state index is 0.0721. The number of amides is 1. The lowest BCUT2D eigenvalue weighted by Gasteiger charge is -2.21. The van der Waals surface area contributed by atoms with E-state index in [1.54, 1.807) is 23.1 Å². The van der Waals surface area contributed by atoms with Crippen molar-refractivity contribution in [2.75, 3.05) is 32.5 Å². The molecule has 0 spiro atoms. The molecule has 0 aliphatic rings. The summed E-state index contributed by atoms with van der Waals surface area (Å²) in [5.74, 6) is 0.366. The molecule has 0 radical (unpaired) electrons. The van der Waals surface area contributed by atoms with E-state index >= 15 is 0 Å². The lowest BCUT2D eigenvalue weighted by Crippen LogP contribution is -2.32. The van der Waals surface area contributed by atoms with Crippen LogP contribution in [0.1, 0.15) is 23.7 Å². The average Bonchev–Trinajstić information content (AvgIpc) is 2.39.